The number of carbonyl (C=O) groups excluding carboxylic acids is 1. The Morgan fingerprint density at radius 3 is 2.52 bits per heavy atom. The van der Waals surface area contributed by atoms with Crippen LogP contribution < -0.4 is 5.32 Å². The largest absolute Gasteiger partial charge is 0.508 e. The summed E-state index contributed by atoms with van der Waals surface area (Å²) in [5.74, 6) is -0.319. The number of carbonyl (C=O) groups is 1. The van der Waals surface area contributed by atoms with Gasteiger partial charge >= 0.3 is 6.18 Å². The highest BCUT2D eigenvalue weighted by Gasteiger charge is 2.32. The van der Waals surface area contributed by atoms with E-state index < -0.39 is 17.6 Å². The molecule has 0 aliphatic heterocycles. The highest BCUT2D eigenvalue weighted by Crippen LogP contribution is 2.33. The highest BCUT2D eigenvalue weighted by atomic mass is 19.4. The van der Waals surface area contributed by atoms with Crippen LogP contribution in [0.15, 0.2) is 42.5 Å². The summed E-state index contributed by atoms with van der Waals surface area (Å²) in [4.78, 5) is 11.9. The summed E-state index contributed by atoms with van der Waals surface area (Å²) >= 11 is 0. The number of alkyl halides is 3. The van der Waals surface area contributed by atoms with Crippen LogP contribution in [-0.4, -0.2) is 11.0 Å². The fourth-order valence-electron chi connectivity index (χ4n) is 2.20. The van der Waals surface area contributed by atoms with E-state index in [0.29, 0.717) is 12.0 Å². The van der Waals surface area contributed by atoms with Gasteiger partial charge in [-0.25, -0.2) is 0 Å². The number of benzene rings is 2. The average molecular weight is 323 g/mol. The second-order valence-corrected chi connectivity index (χ2v) is 5.20. The van der Waals surface area contributed by atoms with Gasteiger partial charge in [-0.1, -0.05) is 24.3 Å². The molecule has 6 heteroatoms. The molecule has 3 nitrogen and oxygen atoms in total. The molecule has 0 heterocycles. The molecule has 0 radical (unpaired) electrons. The van der Waals surface area contributed by atoms with E-state index >= 15 is 0 Å². The molecule has 1 amide bonds. The van der Waals surface area contributed by atoms with E-state index in [9.17, 15) is 23.1 Å². The van der Waals surface area contributed by atoms with Crippen molar-refractivity contribution in [2.45, 2.75) is 25.9 Å². The summed E-state index contributed by atoms with van der Waals surface area (Å²) in [5, 5.41) is 12.1. The van der Waals surface area contributed by atoms with Crippen molar-refractivity contribution >= 4 is 11.6 Å². The van der Waals surface area contributed by atoms with Crippen molar-refractivity contribution in [2.75, 3.05) is 5.32 Å². The number of aryl methyl sites for hydroxylation is 2. The maximum atomic E-state index is 12.8. The Morgan fingerprint density at radius 2 is 1.87 bits per heavy atom. The number of aromatic hydroxyl groups is 1. The first-order chi connectivity index (χ1) is 10.8. The van der Waals surface area contributed by atoms with Gasteiger partial charge < -0.3 is 10.4 Å². The molecule has 0 unspecified atom stereocenters. The van der Waals surface area contributed by atoms with Crippen molar-refractivity contribution in [1.82, 2.24) is 0 Å². The molecular weight excluding hydrogens is 307 g/mol. The Hall–Kier alpha value is -2.50. The number of anilines is 1. The summed E-state index contributed by atoms with van der Waals surface area (Å²) in [5.41, 5.74) is 0.0495. The molecule has 122 valence electrons. The van der Waals surface area contributed by atoms with E-state index in [1.807, 2.05) is 0 Å². The SMILES string of the molecule is Cc1ccc(NC(=O)CCc2ccccc2O)cc1C(F)(F)F. The average Bonchev–Trinajstić information content (AvgIpc) is 2.47. The van der Waals surface area contributed by atoms with Crippen LogP contribution in [0.1, 0.15) is 23.1 Å². The molecule has 0 fully saturated rings. The van der Waals surface area contributed by atoms with Crippen LogP contribution in [0.2, 0.25) is 0 Å². The van der Waals surface area contributed by atoms with Gasteiger partial charge in [0.2, 0.25) is 5.91 Å². The predicted octanol–water partition coefficient (Wildman–Crippen LogP) is 4.29. The van der Waals surface area contributed by atoms with Crippen molar-refractivity contribution in [3.05, 3.63) is 59.2 Å². The molecule has 0 aromatic heterocycles. The molecule has 2 rings (SSSR count). The van der Waals surface area contributed by atoms with Crippen molar-refractivity contribution < 1.29 is 23.1 Å². The molecule has 2 aromatic rings. The molecule has 0 aliphatic rings. The third kappa shape index (κ3) is 4.48. The zero-order valence-electron chi connectivity index (χ0n) is 12.4. The number of halogens is 3. The highest BCUT2D eigenvalue weighted by molar-refractivity contribution is 5.91. The monoisotopic (exact) mass is 323 g/mol. The number of hydrogen-bond acceptors (Lipinski definition) is 2. The van der Waals surface area contributed by atoms with Gasteiger partial charge in [-0.2, -0.15) is 13.2 Å². The van der Waals surface area contributed by atoms with Gasteiger partial charge in [0.1, 0.15) is 5.75 Å². The third-order valence-electron chi connectivity index (χ3n) is 3.44. The van der Waals surface area contributed by atoms with E-state index in [0.717, 1.165) is 6.07 Å². The van der Waals surface area contributed by atoms with Gasteiger partial charge in [-0.15, -0.1) is 0 Å². The molecule has 0 saturated carbocycles. The van der Waals surface area contributed by atoms with Crippen molar-refractivity contribution in [1.29, 1.82) is 0 Å². The molecular formula is C17H16F3NO2. The van der Waals surface area contributed by atoms with Gasteiger partial charge in [0.25, 0.3) is 0 Å². The number of rotatable bonds is 4. The van der Waals surface area contributed by atoms with E-state index in [1.54, 1.807) is 18.2 Å². The van der Waals surface area contributed by atoms with Gasteiger partial charge in [-0.05, 0) is 42.7 Å². The fraction of sp³-hybridized carbons (Fsp3) is 0.235. The minimum Gasteiger partial charge on any atom is -0.508 e. The quantitative estimate of drug-likeness (QED) is 0.882. The second-order valence-electron chi connectivity index (χ2n) is 5.20. The molecule has 2 N–H and O–H groups in total. The predicted molar refractivity (Wildman–Crippen MR) is 81.2 cm³/mol. The normalized spacial score (nSPS) is 11.3. The Bertz CT molecular complexity index is 711. The second kappa shape index (κ2) is 6.73. The molecule has 0 atom stereocenters. The number of hydrogen-bond donors (Lipinski definition) is 2. The third-order valence-corrected chi connectivity index (χ3v) is 3.44. The van der Waals surface area contributed by atoms with E-state index in [-0.39, 0.29) is 23.4 Å². The topological polar surface area (TPSA) is 49.3 Å². The van der Waals surface area contributed by atoms with Crippen molar-refractivity contribution in [2.24, 2.45) is 0 Å². The first-order valence-corrected chi connectivity index (χ1v) is 7.02. The lowest BCUT2D eigenvalue weighted by Crippen LogP contribution is -2.14. The summed E-state index contributed by atoms with van der Waals surface area (Å²) in [6.07, 6.45) is -4.09. The number of para-hydroxylation sites is 1. The number of nitrogens with one attached hydrogen (secondary N) is 1. The van der Waals surface area contributed by atoms with Crippen LogP contribution in [0, 0.1) is 6.92 Å². The first-order valence-electron chi connectivity index (χ1n) is 7.02. The Kier molecular flexibility index (Phi) is 4.93. The van der Waals surface area contributed by atoms with Crippen LogP contribution in [0.4, 0.5) is 18.9 Å². The lowest BCUT2D eigenvalue weighted by atomic mass is 10.1. The molecule has 23 heavy (non-hydrogen) atoms. The lowest BCUT2D eigenvalue weighted by Gasteiger charge is -2.13. The maximum Gasteiger partial charge on any atom is 0.416 e. The zero-order valence-corrected chi connectivity index (χ0v) is 12.4. The minimum absolute atomic E-state index is 0.0623. The molecule has 0 aliphatic carbocycles. The Morgan fingerprint density at radius 1 is 1.17 bits per heavy atom. The maximum absolute atomic E-state index is 12.8. The lowest BCUT2D eigenvalue weighted by molar-refractivity contribution is -0.138. The summed E-state index contributed by atoms with van der Waals surface area (Å²) < 4.78 is 38.5. The smallest absolute Gasteiger partial charge is 0.416 e. The molecule has 2 aromatic carbocycles. The zero-order chi connectivity index (χ0) is 17.0. The van der Waals surface area contributed by atoms with Crippen molar-refractivity contribution in [3.63, 3.8) is 0 Å². The van der Waals surface area contributed by atoms with Gasteiger partial charge in [-0.3, -0.25) is 4.79 Å². The molecule has 0 spiro atoms. The van der Waals surface area contributed by atoms with Crippen LogP contribution in [0.25, 0.3) is 0 Å². The standard InChI is InChI=1S/C17H16F3NO2/c1-11-6-8-13(10-14(11)17(18,19)20)21-16(23)9-7-12-4-2-3-5-15(12)22/h2-6,8,10,22H,7,9H2,1H3,(H,21,23). The van der Waals surface area contributed by atoms with Gasteiger partial charge in [0, 0.05) is 12.1 Å². The summed E-state index contributed by atoms with van der Waals surface area (Å²) in [6, 6.07) is 10.3. The van der Waals surface area contributed by atoms with Crippen LogP contribution in [0.5, 0.6) is 5.75 Å². The van der Waals surface area contributed by atoms with E-state index in [1.165, 1.54) is 25.1 Å². The summed E-state index contributed by atoms with van der Waals surface area (Å²) in [6.45, 7) is 1.37. The summed E-state index contributed by atoms with van der Waals surface area (Å²) in [7, 11) is 0. The Labute approximate surface area is 131 Å². The minimum atomic E-state index is -4.46. The van der Waals surface area contributed by atoms with Crippen LogP contribution >= 0.6 is 0 Å². The van der Waals surface area contributed by atoms with E-state index in [4.69, 9.17) is 0 Å². The molecule has 0 saturated heterocycles. The van der Waals surface area contributed by atoms with Crippen molar-refractivity contribution in [3.8, 4) is 5.75 Å². The van der Waals surface area contributed by atoms with E-state index in [2.05, 4.69) is 5.32 Å². The Balaban J connectivity index is 2.02. The van der Waals surface area contributed by atoms with Gasteiger partial charge in [0.05, 0.1) is 5.56 Å². The fourth-order valence-corrected chi connectivity index (χ4v) is 2.20. The first kappa shape index (κ1) is 16.9. The number of amides is 1. The van der Waals surface area contributed by atoms with Crippen LogP contribution in [-0.2, 0) is 17.4 Å². The molecule has 0 bridgehead atoms. The number of phenolic OH excluding ortho intramolecular Hbond substituents is 1. The van der Waals surface area contributed by atoms with Gasteiger partial charge in [0.15, 0.2) is 0 Å². The number of phenols is 1. The van der Waals surface area contributed by atoms with Crippen LogP contribution in [0.3, 0.4) is 0 Å².